The summed E-state index contributed by atoms with van der Waals surface area (Å²) in [5.74, 6) is 0.459. The van der Waals surface area contributed by atoms with Gasteiger partial charge in [0.1, 0.15) is 0 Å². The molecule has 2 fully saturated rings. The van der Waals surface area contributed by atoms with Crippen LogP contribution in [0, 0.1) is 11.3 Å². The molecule has 0 radical (unpaired) electrons. The van der Waals surface area contributed by atoms with Crippen molar-refractivity contribution < 1.29 is 9.53 Å². The molecule has 68 valence electrons. The van der Waals surface area contributed by atoms with Crippen LogP contribution in [0.25, 0.3) is 0 Å². The molecule has 0 amide bonds. The van der Waals surface area contributed by atoms with E-state index in [1.54, 1.807) is 0 Å². The maximum atomic E-state index is 11.4. The Morgan fingerprint density at radius 2 is 2.42 bits per heavy atom. The lowest BCUT2D eigenvalue weighted by atomic mass is 9.75. The van der Waals surface area contributed by atoms with Crippen molar-refractivity contribution in [2.75, 3.05) is 26.7 Å². The van der Waals surface area contributed by atoms with Gasteiger partial charge in [0, 0.05) is 12.5 Å². The summed E-state index contributed by atoms with van der Waals surface area (Å²) in [5.41, 5.74) is -0.215. The number of carbonyl (C=O) groups is 1. The third-order valence-electron chi connectivity index (χ3n) is 3.24. The number of hydrogen-bond acceptors (Lipinski definition) is 3. The van der Waals surface area contributed by atoms with Gasteiger partial charge in [-0.15, -0.1) is 0 Å². The summed E-state index contributed by atoms with van der Waals surface area (Å²) in [4.78, 5) is 13.6. The van der Waals surface area contributed by atoms with Crippen molar-refractivity contribution >= 4 is 5.97 Å². The lowest BCUT2D eigenvalue weighted by molar-refractivity contribution is -0.147. The molecule has 0 aromatic carbocycles. The van der Waals surface area contributed by atoms with Crippen molar-refractivity contribution in [2.45, 2.75) is 13.3 Å². The molecular formula is C9H15NO2. The molecule has 0 bridgehead atoms. The van der Waals surface area contributed by atoms with Crippen molar-refractivity contribution in [3.8, 4) is 0 Å². The summed E-state index contributed by atoms with van der Waals surface area (Å²) in [6.07, 6.45) is 1.10. The average Bonchev–Trinajstić information content (AvgIpc) is 2.28. The van der Waals surface area contributed by atoms with E-state index in [1.165, 1.54) is 0 Å². The molecule has 0 aromatic rings. The fourth-order valence-electron chi connectivity index (χ4n) is 2.30. The van der Waals surface area contributed by atoms with Gasteiger partial charge in [-0.3, -0.25) is 4.79 Å². The molecule has 0 N–H and O–H groups in total. The molecule has 3 heteroatoms. The summed E-state index contributed by atoms with van der Waals surface area (Å²) in [6.45, 7) is 4.62. The van der Waals surface area contributed by atoms with Gasteiger partial charge in [-0.1, -0.05) is 0 Å². The molecule has 12 heavy (non-hydrogen) atoms. The molecule has 2 atom stereocenters. The first-order valence-corrected chi connectivity index (χ1v) is 4.49. The second-order valence-corrected chi connectivity index (χ2v) is 4.24. The Balaban J connectivity index is 2.22. The minimum atomic E-state index is -0.215. The Labute approximate surface area is 72.7 Å². The zero-order valence-electron chi connectivity index (χ0n) is 7.67. The molecule has 2 heterocycles. The third kappa shape index (κ3) is 0.959. The summed E-state index contributed by atoms with van der Waals surface area (Å²) in [5, 5.41) is 0. The van der Waals surface area contributed by atoms with Gasteiger partial charge < -0.3 is 9.64 Å². The van der Waals surface area contributed by atoms with Gasteiger partial charge in [-0.2, -0.15) is 0 Å². The average molecular weight is 169 g/mol. The number of hydrogen-bond donors (Lipinski definition) is 0. The predicted octanol–water partition coefficient (Wildman–Crippen LogP) is 0.501. The van der Waals surface area contributed by atoms with Crippen molar-refractivity contribution in [3.63, 3.8) is 0 Å². The quantitative estimate of drug-likeness (QED) is 0.495. The lowest BCUT2D eigenvalue weighted by Gasteiger charge is -2.36. The second-order valence-electron chi connectivity index (χ2n) is 4.24. The van der Waals surface area contributed by atoms with Gasteiger partial charge >= 0.3 is 5.97 Å². The first-order valence-electron chi connectivity index (χ1n) is 4.49. The second kappa shape index (κ2) is 2.46. The monoisotopic (exact) mass is 169 g/mol. The molecule has 3 nitrogen and oxygen atoms in total. The zero-order valence-corrected chi connectivity index (χ0v) is 7.67. The first-order chi connectivity index (χ1) is 5.63. The Hall–Kier alpha value is -0.570. The van der Waals surface area contributed by atoms with Crippen LogP contribution in [0.3, 0.4) is 0 Å². The van der Waals surface area contributed by atoms with Crippen LogP contribution in [-0.2, 0) is 9.53 Å². The highest BCUT2D eigenvalue weighted by Gasteiger charge is 2.50. The van der Waals surface area contributed by atoms with Gasteiger partial charge in [0.05, 0.1) is 12.0 Å². The van der Waals surface area contributed by atoms with Crippen LogP contribution in [0.1, 0.15) is 13.3 Å². The normalized spacial score (nSPS) is 42.5. The SMILES string of the molecule is CN1CCC2COC(=O)C2(C)C1. The molecule has 0 saturated carbocycles. The molecule has 0 aromatic heterocycles. The van der Waals surface area contributed by atoms with Crippen LogP contribution in [0.5, 0.6) is 0 Å². The largest absolute Gasteiger partial charge is 0.465 e. The Morgan fingerprint density at radius 3 is 3.17 bits per heavy atom. The molecule has 0 spiro atoms. The van der Waals surface area contributed by atoms with E-state index in [-0.39, 0.29) is 11.4 Å². The minimum absolute atomic E-state index is 0.000880. The smallest absolute Gasteiger partial charge is 0.313 e. The van der Waals surface area contributed by atoms with Crippen LogP contribution < -0.4 is 0 Å². The molecular weight excluding hydrogens is 154 g/mol. The number of ether oxygens (including phenoxy) is 1. The number of esters is 1. The number of rotatable bonds is 0. The number of carbonyl (C=O) groups excluding carboxylic acids is 1. The van der Waals surface area contributed by atoms with Gasteiger partial charge in [0.25, 0.3) is 0 Å². The van der Waals surface area contributed by atoms with Gasteiger partial charge in [-0.25, -0.2) is 0 Å². The van der Waals surface area contributed by atoms with Crippen LogP contribution >= 0.6 is 0 Å². The Bertz CT molecular complexity index is 217. The van der Waals surface area contributed by atoms with Gasteiger partial charge in [0.15, 0.2) is 0 Å². The van der Waals surface area contributed by atoms with Crippen molar-refractivity contribution in [1.82, 2.24) is 4.90 Å². The number of fused-ring (bicyclic) bond motifs is 1. The summed E-state index contributed by atoms with van der Waals surface area (Å²) >= 11 is 0. The fraction of sp³-hybridized carbons (Fsp3) is 0.889. The van der Waals surface area contributed by atoms with E-state index in [2.05, 4.69) is 11.9 Å². The minimum Gasteiger partial charge on any atom is -0.465 e. The summed E-state index contributed by atoms with van der Waals surface area (Å²) < 4.78 is 5.09. The highest BCUT2D eigenvalue weighted by Crippen LogP contribution is 2.40. The van der Waals surface area contributed by atoms with Crippen molar-refractivity contribution in [3.05, 3.63) is 0 Å². The maximum absolute atomic E-state index is 11.4. The van der Waals surface area contributed by atoms with Crippen molar-refractivity contribution in [2.24, 2.45) is 11.3 Å². The third-order valence-corrected chi connectivity index (χ3v) is 3.24. The van der Waals surface area contributed by atoms with E-state index < -0.39 is 0 Å². The lowest BCUT2D eigenvalue weighted by Crippen LogP contribution is -2.46. The van der Waals surface area contributed by atoms with Gasteiger partial charge in [-0.05, 0) is 26.9 Å². The topological polar surface area (TPSA) is 29.5 Å². The Kier molecular flexibility index (Phi) is 1.65. The standard InChI is InChI=1S/C9H15NO2/c1-9-6-10(2)4-3-7(9)5-12-8(9)11/h7H,3-6H2,1-2H3. The van der Waals surface area contributed by atoms with E-state index in [9.17, 15) is 4.79 Å². The van der Waals surface area contributed by atoms with Crippen LogP contribution in [-0.4, -0.2) is 37.6 Å². The molecule has 2 rings (SSSR count). The first kappa shape index (κ1) is 8.05. The fourth-order valence-corrected chi connectivity index (χ4v) is 2.30. The summed E-state index contributed by atoms with van der Waals surface area (Å²) in [6, 6.07) is 0. The van der Waals surface area contributed by atoms with E-state index in [4.69, 9.17) is 4.74 Å². The van der Waals surface area contributed by atoms with Gasteiger partial charge in [0.2, 0.25) is 0 Å². The number of cyclic esters (lactones) is 1. The number of likely N-dealkylation sites (tertiary alicyclic amines) is 1. The number of nitrogens with zero attached hydrogens (tertiary/aromatic N) is 1. The molecule has 2 saturated heterocycles. The summed E-state index contributed by atoms with van der Waals surface area (Å²) in [7, 11) is 2.06. The van der Waals surface area contributed by atoms with Crippen LogP contribution in [0.4, 0.5) is 0 Å². The molecule has 2 aliphatic rings. The van der Waals surface area contributed by atoms with E-state index in [1.807, 2.05) is 6.92 Å². The molecule has 2 aliphatic heterocycles. The van der Waals surface area contributed by atoms with Crippen molar-refractivity contribution in [1.29, 1.82) is 0 Å². The molecule has 2 unspecified atom stereocenters. The predicted molar refractivity (Wildman–Crippen MR) is 44.7 cm³/mol. The molecule has 0 aliphatic carbocycles. The maximum Gasteiger partial charge on any atom is 0.313 e. The zero-order chi connectivity index (χ0) is 8.77. The Morgan fingerprint density at radius 1 is 1.67 bits per heavy atom. The van der Waals surface area contributed by atoms with E-state index in [0.717, 1.165) is 19.5 Å². The number of piperidine rings is 1. The van der Waals surface area contributed by atoms with Crippen LogP contribution in [0.15, 0.2) is 0 Å². The van der Waals surface area contributed by atoms with E-state index in [0.29, 0.717) is 12.5 Å². The van der Waals surface area contributed by atoms with E-state index >= 15 is 0 Å². The highest BCUT2D eigenvalue weighted by atomic mass is 16.5. The highest BCUT2D eigenvalue weighted by molar-refractivity contribution is 5.79. The van der Waals surface area contributed by atoms with Crippen LogP contribution in [0.2, 0.25) is 0 Å².